The van der Waals surface area contributed by atoms with Gasteiger partial charge in [0.1, 0.15) is 16.7 Å². The molecule has 2 heterocycles. The predicted molar refractivity (Wildman–Crippen MR) is 59.3 cm³/mol. The van der Waals surface area contributed by atoms with Crippen LogP contribution in [0.25, 0.3) is 0 Å². The first-order chi connectivity index (χ1) is 7.15. The summed E-state index contributed by atoms with van der Waals surface area (Å²) in [6.07, 6.45) is 1.61. The summed E-state index contributed by atoms with van der Waals surface area (Å²) in [5.74, 6) is 0.418. The molecule has 6 nitrogen and oxygen atoms in total. The average molecular weight is 287 g/mol. The number of anilines is 1. The van der Waals surface area contributed by atoms with Crippen molar-refractivity contribution in [2.24, 2.45) is 7.05 Å². The Morgan fingerprint density at radius 2 is 2.27 bits per heavy atom. The van der Waals surface area contributed by atoms with E-state index in [1.54, 1.807) is 17.0 Å². The van der Waals surface area contributed by atoms with Crippen molar-refractivity contribution in [1.29, 1.82) is 0 Å². The normalized spacial score (nSPS) is 10.5. The molecule has 0 bridgehead atoms. The van der Waals surface area contributed by atoms with Crippen LogP contribution < -0.4 is 5.73 Å². The van der Waals surface area contributed by atoms with Crippen LogP contribution in [0.2, 0.25) is 0 Å². The van der Waals surface area contributed by atoms with Gasteiger partial charge in [0, 0.05) is 13.1 Å². The molecule has 0 atom stereocenters. The largest absolute Gasteiger partial charge is 0.384 e. The SMILES string of the molecule is Cn1cnnc1Sc1nc(N)cc(Br)n1. The van der Waals surface area contributed by atoms with Crippen molar-refractivity contribution in [2.75, 3.05) is 5.73 Å². The number of halogens is 1. The molecule has 0 unspecified atom stereocenters. The summed E-state index contributed by atoms with van der Waals surface area (Å²) >= 11 is 4.55. The van der Waals surface area contributed by atoms with E-state index in [0.717, 1.165) is 0 Å². The first-order valence-corrected chi connectivity index (χ1v) is 5.58. The number of aryl methyl sites for hydroxylation is 1. The molecule has 0 saturated carbocycles. The predicted octanol–water partition coefficient (Wildman–Crippen LogP) is 1.10. The zero-order valence-electron chi connectivity index (χ0n) is 7.75. The van der Waals surface area contributed by atoms with Crippen LogP contribution in [0.1, 0.15) is 0 Å². The second-order valence-corrected chi connectivity index (χ2v) is 4.47. The first-order valence-electron chi connectivity index (χ1n) is 3.97. The van der Waals surface area contributed by atoms with Gasteiger partial charge in [-0.2, -0.15) is 0 Å². The third-order valence-electron chi connectivity index (χ3n) is 1.55. The van der Waals surface area contributed by atoms with Gasteiger partial charge in [-0.25, -0.2) is 9.97 Å². The minimum Gasteiger partial charge on any atom is -0.384 e. The van der Waals surface area contributed by atoms with Crippen molar-refractivity contribution < 1.29 is 0 Å². The van der Waals surface area contributed by atoms with Gasteiger partial charge in [0.15, 0.2) is 10.3 Å². The standard InChI is InChI=1S/C7H7BrN6S/c1-14-3-10-13-7(14)15-6-11-4(8)2-5(9)12-6/h2-3H,1H3,(H2,9,11,12). The van der Waals surface area contributed by atoms with Crippen molar-refractivity contribution in [3.63, 3.8) is 0 Å². The molecule has 0 aliphatic carbocycles. The lowest BCUT2D eigenvalue weighted by Crippen LogP contribution is -1.96. The van der Waals surface area contributed by atoms with Gasteiger partial charge < -0.3 is 10.3 Å². The Bertz CT molecular complexity index is 464. The van der Waals surface area contributed by atoms with E-state index in [2.05, 4.69) is 36.1 Å². The molecule has 0 aromatic carbocycles. The molecule has 8 heteroatoms. The number of nitrogens with two attached hydrogens (primary N) is 1. The maximum Gasteiger partial charge on any atom is 0.198 e. The molecule has 2 rings (SSSR count). The van der Waals surface area contributed by atoms with E-state index in [4.69, 9.17) is 5.73 Å². The summed E-state index contributed by atoms with van der Waals surface area (Å²) in [4.78, 5) is 8.23. The molecule has 0 saturated heterocycles. The second kappa shape index (κ2) is 4.15. The molecule has 0 fully saturated rings. The van der Waals surface area contributed by atoms with Crippen LogP contribution in [0.5, 0.6) is 0 Å². The summed E-state index contributed by atoms with van der Waals surface area (Å²) in [6, 6.07) is 1.64. The van der Waals surface area contributed by atoms with E-state index in [-0.39, 0.29) is 0 Å². The quantitative estimate of drug-likeness (QED) is 0.658. The van der Waals surface area contributed by atoms with Gasteiger partial charge in [-0.1, -0.05) is 0 Å². The Labute approximate surface area is 98.5 Å². The van der Waals surface area contributed by atoms with Crippen LogP contribution in [0.3, 0.4) is 0 Å². The lowest BCUT2D eigenvalue weighted by Gasteiger charge is -2.00. The molecule has 2 N–H and O–H groups in total. The zero-order valence-corrected chi connectivity index (χ0v) is 10.2. The Morgan fingerprint density at radius 3 is 2.87 bits per heavy atom. The molecule has 2 aromatic heterocycles. The number of nitrogens with zero attached hydrogens (tertiary/aromatic N) is 5. The molecule has 78 valence electrons. The number of rotatable bonds is 2. The Morgan fingerprint density at radius 1 is 1.47 bits per heavy atom. The molecule has 0 aliphatic rings. The fourth-order valence-electron chi connectivity index (χ4n) is 0.906. The highest BCUT2D eigenvalue weighted by Crippen LogP contribution is 2.23. The highest BCUT2D eigenvalue weighted by atomic mass is 79.9. The van der Waals surface area contributed by atoms with Crippen LogP contribution in [0, 0.1) is 0 Å². The van der Waals surface area contributed by atoms with Crippen molar-refractivity contribution in [1.82, 2.24) is 24.7 Å². The van der Waals surface area contributed by atoms with Crippen LogP contribution in [-0.4, -0.2) is 24.7 Å². The maximum absolute atomic E-state index is 5.59. The lowest BCUT2D eigenvalue weighted by molar-refractivity contribution is 0.783. The molecular formula is C7H7BrN6S. The van der Waals surface area contributed by atoms with E-state index >= 15 is 0 Å². The molecule has 15 heavy (non-hydrogen) atoms. The van der Waals surface area contributed by atoms with E-state index < -0.39 is 0 Å². The molecular weight excluding hydrogens is 280 g/mol. The summed E-state index contributed by atoms with van der Waals surface area (Å²) < 4.78 is 2.44. The minimum atomic E-state index is 0.418. The lowest BCUT2D eigenvalue weighted by atomic mass is 10.6. The summed E-state index contributed by atoms with van der Waals surface area (Å²) in [5.41, 5.74) is 5.59. The number of hydrogen-bond donors (Lipinski definition) is 1. The number of nitrogen functional groups attached to an aromatic ring is 1. The molecule has 0 spiro atoms. The maximum atomic E-state index is 5.59. The van der Waals surface area contributed by atoms with E-state index in [9.17, 15) is 0 Å². The molecule has 2 aromatic rings. The molecule has 0 radical (unpaired) electrons. The second-order valence-electron chi connectivity index (χ2n) is 2.72. The Kier molecular flexibility index (Phi) is 2.87. The third-order valence-corrected chi connectivity index (χ3v) is 2.87. The number of aromatic nitrogens is 5. The summed E-state index contributed by atoms with van der Waals surface area (Å²) in [7, 11) is 1.85. The van der Waals surface area contributed by atoms with Crippen LogP contribution >= 0.6 is 27.7 Å². The van der Waals surface area contributed by atoms with Crippen LogP contribution in [0.4, 0.5) is 5.82 Å². The zero-order chi connectivity index (χ0) is 10.8. The smallest absolute Gasteiger partial charge is 0.198 e. The minimum absolute atomic E-state index is 0.418. The highest BCUT2D eigenvalue weighted by molar-refractivity contribution is 9.10. The Balaban J connectivity index is 2.28. The van der Waals surface area contributed by atoms with Gasteiger partial charge in [-0.3, -0.25) is 0 Å². The number of hydrogen-bond acceptors (Lipinski definition) is 6. The average Bonchev–Trinajstić information content (AvgIpc) is 2.50. The molecule has 0 amide bonds. The van der Waals surface area contributed by atoms with Crippen LogP contribution in [-0.2, 0) is 7.05 Å². The van der Waals surface area contributed by atoms with E-state index in [0.29, 0.717) is 20.7 Å². The van der Waals surface area contributed by atoms with Gasteiger partial charge >= 0.3 is 0 Å². The van der Waals surface area contributed by atoms with Gasteiger partial charge in [0.05, 0.1) is 0 Å². The van der Waals surface area contributed by atoms with Crippen molar-refractivity contribution in [3.8, 4) is 0 Å². The fraction of sp³-hybridized carbons (Fsp3) is 0.143. The van der Waals surface area contributed by atoms with Crippen molar-refractivity contribution in [2.45, 2.75) is 10.3 Å². The van der Waals surface area contributed by atoms with Crippen molar-refractivity contribution in [3.05, 3.63) is 17.0 Å². The molecule has 0 aliphatic heterocycles. The van der Waals surface area contributed by atoms with Gasteiger partial charge in [-0.05, 0) is 27.7 Å². The summed E-state index contributed by atoms with van der Waals surface area (Å²) in [5, 5.41) is 8.92. The van der Waals surface area contributed by atoms with Crippen LogP contribution in [0.15, 0.2) is 27.3 Å². The highest BCUT2D eigenvalue weighted by Gasteiger charge is 2.07. The van der Waals surface area contributed by atoms with Gasteiger partial charge in [-0.15, -0.1) is 10.2 Å². The third kappa shape index (κ3) is 2.45. The fourth-order valence-corrected chi connectivity index (χ4v) is 2.16. The van der Waals surface area contributed by atoms with E-state index in [1.807, 2.05) is 7.05 Å². The topological polar surface area (TPSA) is 82.5 Å². The summed E-state index contributed by atoms with van der Waals surface area (Å²) in [6.45, 7) is 0. The first kappa shape index (κ1) is 10.4. The van der Waals surface area contributed by atoms with Gasteiger partial charge in [0.25, 0.3) is 0 Å². The van der Waals surface area contributed by atoms with Gasteiger partial charge in [0.2, 0.25) is 0 Å². The van der Waals surface area contributed by atoms with E-state index in [1.165, 1.54) is 11.8 Å². The Hall–Kier alpha value is -1.15. The van der Waals surface area contributed by atoms with Crippen molar-refractivity contribution >= 4 is 33.5 Å². The monoisotopic (exact) mass is 286 g/mol.